The van der Waals surface area contributed by atoms with Gasteiger partial charge in [-0.3, -0.25) is 0 Å². The van der Waals surface area contributed by atoms with Crippen LogP contribution in [0.3, 0.4) is 0 Å². The van der Waals surface area contributed by atoms with Crippen molar-refractivity contribution in [1.82, 2.24) is 5.32 Å². The van der Waals surface area contributed by atoms with Gasteiger partial charge in [0.25, 0.3) is 0 Å². The smallest absolute Gasteiger partial charge is 0.119 e. The lowest BCUT2D eigenvalue weighted by atomic mass is 9.90. The fraction of sp³-hybridized carbons (Fsp3) is 0.538. The molecule has 2 nitrogen and oxygen atoms in total. The fourth-order valence-electron chi connectivity index (χ4n) is 2.11. The molecule has 1 radical (unpaired) electrons. The maximum Gasteiger partial charge on any atom is 0.119 e. The average Bonchev–Trinajstić information content (AvgIpc) is 2.31. The molecule has 2 heteroatoms. The molecule has 0 aromatic heterocycles. The van der Waals surface area contributed by atoms with Crippen molar-refractivity contribution in [3.63, 3.8) is 0 Å². The number of benzene rings is 1. The van der Waals surface area contributed by atoms with E-state index in [1.165, 1.54) is 18.4 Å². The predicted octanol–water partition coefficient (Wildman–Crippen LogP) is 2.57. The molecule has 1 saturated heterocycles. The van der Waals surface area contributed by atoms with Crippen molar-refractivity contribution in [3.05, 3.63) is 29.8 Å². The molecule has 1 aliphatic heterocycles. The van der Waals surface area contributed by atoms with Crippen LogP contribution in [-0.4, -0.2) is 19.7 Å². The lowest BCUT2D eigenvalue weighted by Gasteiger charge is -2.22. The summed E-state index contributed by atoms with van der Waals surface area (Å²) in [6, 6.07) is 8.50. The number of rotatable bonds is 3. The van der Waals surface area contributed by atoms with Crippen molar-refractivity contribution in [1.29, 1.82) is 0 Å². The number of nitrogens with zero attached hydrogens (tertiary/aromatic N) is 1. The minimum Gasteiger partial charge on any atom is -0.494 e. The standard InChI is InChI=1S/C13H18NO/c1-2-15-13-5-3-4-12(10-13)11-6-8-14-9-7-11/h3-5,10-11H,2,6-9H2,1H3. The maximum absolute atomic E-state index is 5.51. The van der Waals surface area contributed by atoms with Crippen LogP contribution < -0.4 is 10.1 Å². The van der Waals surface area contributed by atoms with E-state index in [1.54, 1.807) is 0 Å². The number of ether oxygens (including phenoxy) is 1. The highest BCUT2D eigenvalue weighted by atomic mass is 16.5. The quantitative estimate of drug-likeness (QED) is 0.742. The topological polar surface area (TPSA) is 23.3 Å². The first kappa shape index (κ1) is 10.5. The zero-order chi connectivity index (χ0) is 10.5. The number of piperidine rings is 1. The summed E-state index contributed by atoms with van der Waals surface area (Å²) < 4.78 is 5.51. The summed E-state index contributed by atoms with van der Waals surface area (Å²) in [5.74, 6) is 1.68. The molecule has 1 fully saturated rings. The molecule has 1 aromatic rings. The molecule has 0 spiro atoms. The molecule has 1 heterocycles. The Morgan fingerprint density at radius 1 is 1.33 bits per heavy atom. The van der Waals surface area contributed by atoms with Gasteiger partial charge in [-0.05, 0) is 43.4 Å². The van der Waals surface area contributed by atoms with E-state index in [1.807, 2.05) is 13.0 Å². The van der Waals surface area contributed by atoms with E-state index < -0.39 is 0 Å². The van der Waals surface area contributed by atoms with E-state index in [9.17, 15) is 0 Å². The Bertz CT molecular complexity index is 305. The van der Waals surface area contributed by atoms with Crippen LogP contribution in [0.4, 0.5) is 0 Å². The summed E-state index contributed by atoms with van der Waals surface area (Å²) in [6.07, 6.45) is 2.38. The highest BCUT2D eigenvalue weighted by molar-refractivity contribution is 5.31. The molecule has 1 aliphatic rings. The van der Waals surface area contributed by atoms with Crippen LogP contribution >= 0.6 is 0 Å². The van der Waals surface area contributed by atoms with Crippen LogP contribution in [0.25, 0.3) is 0 Å². The normalized spacial score (nSPS) is 17.7. The zero-order valence-electron chi connectivity index (χ0n) is 9.28. The molecule has 0 amide bonds. The zero-order valence-corrected chi connectivity index (χ0v) is 9.28. The van der Waals surface area contributed by atoms with Gasteiger partial charge in [-0.25, -0.2) is 5.32 Å². The van der Waals surface area contributed by atoms with Gasteiger partial charge in [0.1, 0.15) is 5.75 Å². The highest BCUT2D eigenvalue weighted by Crippen LogP contribution is 2.27. The van der Waals surface area contributed by atoms with Gasteiger partial charge in [-0.15, -0.1) is 0 Å². The molecule has 0 aliphatic carbocycles. The Labute approximate surface area is 91.6 Å². The van der Waals surface area contributed by atoms with Crippen LogP contribution in [0, 0.1) is 0 Å². The summed E-state index contributed by atoms with van der Waals surface area (Å²) in [7, 11) is 0. The van der Waals surface area contributed by atoms with E-state index in [0.29, 0.717) is 5.92 Å². The van der Waals surface area contributed by atoms with Gasteiger partial charge < -0.3 is 4.74 Å². The van der Waals surface area contributed by atoms with Crippen molar-refractivity contribution in [3.8, 4) is 5.75 Å². The van der Waals surface area contributed by atoms with E-state index >= 15 is 0 Å². The second kappa shape index (κ2) is 5.17. The van der Waals surface area contributed by atoms with E-state index in [2.05, 4.69) is 23.5 Å². The van der Waals surface area contributed by atoms with Gasteiger partial charge >= 0.3 is 0 Å². The molecule has 2 rings (SSSR count). The molecule has 0 saturated carbocycles. The predicted molar refractivity (Wildman–Crippen MR) is 61.5 cm³/mol. The molecule has 0 N–H and O–H groups in total. The Kier molecular flexibility index (Phi) is 3.62. The van der Waals surface area contributed by atoms with Gasteiger partial charge in [0.2, 0.25) is 0 Å². The van der Waals surface area contributed by atoms with Crippen molar-refractivity contribution in [2.45, 2.75) is 25.7 Å². The lowest BCUT2D eigenvalue weighted by molar-refractivity contribution is 0.339. The van der Waals surface area contributed by atoms with Gasteiger partial charge in [-0.1, -0.05) is 12.1 Å². The first-order valence-corrected chi connectivity index (χ1v) is 5.76. The molecule has 0 unspecified atom stereocenters. The third-order valence-corrected chi connectivity index (χ3v) is 2.91. The molecular weight excluding hydrogens is 186 g/mol. The fourth-order valence-corrected chi connectivity index (χ4v) is 2.11. The minimum atomic E-state index is 0.683. The lowest BCUT2D eigenvalue weighted by Crippen LogP contribution is -2.20. The molecular formula is C13H18NO. The molecule has 15 heavy (non-hydrogen) atoms. The molecule has 0 atom stereocenters. The van der Waals surface area contributed by atoms with Crippen LogP contribution in [0.15, 0.2) is 24.3 Å². The monoisotopic (exact) mass is 204 g/mol. The van der Waals surface area contributed by atoms with Crippen LogP contribution in [0.1, 0.15) is 31.2 Å². The highest BCUT2D eigenvalue weighted by Gasteiger charge is 2.15. The first-order valence-electron chi connectivity index (χ1n) is 5.76. The van der Waals surface area contributed by atoms with E-state index in [-0.39, 0.29) is 0 Å². The second-order valence-electron chi connectivity index (χ2n) is 3.95. The third-order valence-electron chi connectivity index (χ3n) is 2.91. The molecule has 0 bridgehead atoms. The van der Waals surface area contributed by atoms with Gasteiger partial charge in [0.05, 0.1) is 6.61 Å². The Morgan fingerprint density at radius 3 is 2.87 bits per heavy atom. The van der Waals surface area contributed by atoms with Gasteiger partial charge in [0, 0.05) is 13.1 Å². The summed E-state index contributed by atoms with van der Waals surface area (Å²) >= 11 is 0. The Morgan fingerprint density at radius 2 is 2.13 bits per heavy atom. The third kappa shape index (κ3) is 2.72. The van der Waals surface area contributed by atoms with Crippen LogP contribution in [0.5, 0.6) is 5.75 Å². The molecule has 81 valence electrons. The first-order chi connectivity index (χ1) is 7.40. The second-order valence-corrected chi connectivity index (χ2v) is 3.95. The van der Waals surface area contributed by atoms with Gasteiger partial charge in [-0.2, -0.15) is 0 Å². The summed E-state index contributed by atoms with van der Waals surface area (Å²) in [4.78, 5) is 0. The van der Waals surface area contributed by atoms with Crippen molar-refractivity contribution in [2.75, 3.05) is 19.7 Å². The summed E-state index contributed by atoms with van der Waals surface area (Å²) in [5, 5.41) is 4.38. The summed E-state index contributed by atoms with van der Waals surface area (Å²) in [5.41, 5.74) is 1.41. The van der Waals surface area contributed by atoms with Crippen LogP contribution in [0.2, 0.25) is 0 Å². The van der Waals surface area contributed by atoms with E-state index in [0.717, 1.165) is 25.4 Å². The molecule has 1 aromatic carbocycles. The van der Waals surface area contributed by atoms with E-state index in [4.69, 9.17) is 4.74 Å². The Hall–Kier alpha value is -1.02. The largest absolute Gasteiger partial charge is 0.494 e. The Balaban J connectivity index is 2.09. The number of hydrogen-bond donors (Lipinski definition) is 0. The maximum atomic E-state index is 5.51. The van der Waals surface area contributed by atoms with Crippen LogP contribution in [-0.2, 0) is 0 Å². The van der Waals surface area contributed by atoms with Crippen molar-refractivity contribution in [2.24, 2.45) is 0 Å². The number of hydrogen-bond acceptors (Lipinski definition) is 1. The van der Waals surface area contributed by atoms with Crippen molar-refractivity contribution < 1.29 is 4.74 Å². The SMILES string of the molecule is CCOc1cccc(C2CC[N]CC2)c1. The average molecular weight is 204 g/mol. The minimum absolute atomic E-state index is 0.683. The van der Waals surface area contributed by atoms with Crippen molar-refractivity contribution >= 4 is 0 Å². The summed E-state index contributed by atoms with van der Waals surface area (Å²) in [6.45, 7) is 4.79. The van der Waals surface area contributed by atoms with Gasteiger partial charge in [0.15, 0.2) is 0 Å².